The Morgan fingerprint density at radius 1 is 1.14 bits per heavy atom. The molecule has 0 radical (unpaired) electrons. The summed E-state index contributed by atoms with van der Waals surface area (Å²) in [5.74, 6) is 1.39. The third-order valence-electron chi connectivity index (χ3n) is 5.77. The molecule has 0 fully saturated rings. The molecule has 4 rings (SSSR count). The SMILES string of the molecule is COC(=O)N1CCc2cc(OC)c(OC)cc2C1CCc1c[nH]c2ccccc12. The van der Waals surface area contributed by atoms with Gasteiger partial charge in [-0.25, -0.2) is 4.79 Å². The van der Waals surface area contributed by atoms with Crippen molar-refractivity contribution < 1.29 is 19.0 Å². The van der Waals surface area contributed by atoms with Crippen molar-refractivity contribution in [1.29, 1.82) is 0 Å². The summed E-state index contributed by atoms with van der Waals surface area (Å²) in [6, 6.07) is 12.2. The number of hydrogen-bond donors (Lipinski definition) is 1. The highest BCUT2D eigenvalue weighted by Crippen LogP contribution is 2.40. The van der Waals surface area contributed by atoms with E-state index in [-0.39, 0.29) is 12.1 Å². The maximum Gasteiger partial charge on any atom is 0.410 e. The fraction of sp³-hybridized carbons (Fsp3) is 0.348. The van der Waals surface area contributed by atoms with Gasteiger partial charge in [0.15, 0.2) is 11.5 Å². The Morgan fingerprint density at radius 3 is 2.66 bits per heavy atom. The number of carbonyl (C=O) groups is 1. The zero-order valence-electron chi connectivity index (χ0n) is 17.0. The molecule has 29 heavy (non-hydrogen) atoms. The Labute approximate surface area is 170 Å². The van der Waals surface area contributed by atoms with Crippen LogP contribution in [0.2, 0.25) is 0 Å². The lowest BCUT2D eigenvalue weighted by molar-refractivity contribution is 0.0982. The molecular formula is C23H26N2O4. The van der Waals surface area contributed by atoms with Crippen molar-refractivity contribution in [2.45, 2.75) is 25.3 Å². The lowest BCUT2D eigenvalue weighted by Gasteiger charge is -2.37. The zero-order valence-corrected chi connectivity index (χ0v) is 17.0. The summed E-state index contributed by atoms with van der Waals surface area (Å²) in [7, 11) is 4.71. The van der Waals surface area contributed by atoms with E-state index in [1.54, 1.807) is 14.2 Å². The van der Waals surface area contributed by atoms with Crippen LogP contribution in [-0.4, -0.2) is 43.9 Å². The first-order chi connectivity index (χ1) is 14.2. The summed E-state index contributed by atoms with van der Waals surface area (Å²) in [6.07, 6.45) is 4.16. The number of para-hydroxylation sites is 1. The maximum atomic E-state index is 12.5. The number of methoxy groups -OCH3 is 3. The highest BCUT2D eigenvalue weighted by molar-refractivity contribution is 5.83. The monoisotopic (exact) mass is 394 g/mol. The van der Waals surface area contributed by atoms with E-state index in [9.17, 15) is 4.79 Å². The van der Waals surface area contributed by atoms with Gasteiger partial charge in [-0.05, 0) is 54.2 Å². The van der Waals surface area contributed by atoms with Crippen LogP contribution in [0.25, 0.3) is 10.9 Å². The molecule has 1 amide bonds. The first-order valence-electron chi connectivity index (χ1n) is 9.80. The van der Waals surface area contributed by atoms with Gasteiger partial charge in [0.1, 0.15) is 0 Å². The quantitative estimate of drug-likeness (QED) is 0.693. The van der Waals surface area contributed by atoms with Gasteiger partial charge in [-0.2, -0.15) is 0 Å². The predicted molar refractivity (Wildman–Crippen MR) is 112 cm³/mol. The van der Waals surface area contributed by atoms with E-state index in [0.717, 1.165) is 30.3 Å². The smallest absolute Gasteiger partial charge is 0.410 e. The van der Waals surface area contributed by atoms with Crippen molar-refractivity contribution in [1.82, 2.24) is 9.88 Å². The van der Waals surface area contributed by atoms with Crippen LogP contribution < -0.4 is 9.47 Å². The number of H-pyrrole nitrogens is 1. The molecule has 3 aromatic rings. The van der Waals surface area contributed by atoms with Crippen molar-refractivity contribution in [3.63, 3.8) is 0 Å². The lowest BCUT2D eigenvalue weighted by atomic mass is 9.88. The highest BCUT2D eigenvalue weighted by Gasteiger charge is 2.32. The Hall–Kier alpha value is -3.15. The first-order valence-corrected chi connectivity index (χ1v) is 9.80. The van der Waals surface area contributed by atoms with Crippen LogP contribution in [0.5, 0.6) is 11.5 Å². The van der Waals surface area contributed by atoms with Gasteiger partial charge in [-0.15, -0.1) is 0 Å². The number of amides is 1. The minimum atomic E-state index is -0.297. The van der Waals surface area contributed by atoms with Gasteiger partial charge in [0.2, 0.25) is 0 Å². The average Bonchev–Trinajstić information content (AvgIpc) is 3.18. The molecule has 2 heterocycles. The van der Waals surface area contributed by atoms with E-state index in [0.29, 0.717) is 18.0 Å². The van der Waals surface area contributed by atoms with Crippen molar-refractivity contribution in [3.05, 3.63) is 59.3 Å². The van der Waals surface area contributed by atoms with E-state index in [1.165, 1.54) is 23.6 Å². The molecule has 1 N–H and O–H groups in total. The minimum Gasteiger partial charge on any atom is -0.493 e. The van der Waals surface area contributed by atoms with Crippen LogP contribution in [-0.2, 0) is 17.6 Å². The van der Waals surface area contributed by atoms with E-state index in [4.69, 9.17) is 14.2 Å². The van der Waals surface area contributed by atoms with Crippen LogP contribution in [0.15, 0.2) is 42.6 Å². The van der Waals surface area contributed by atoms with Gasteiger partial charge in [0.25, 0.3) is 0 Å². The summed E-state index contributed by atoms with van der Waals surface area (Å²) in [4.78, 5) is 17.6. The number of benzene rings is 2. The molecule has 0 spiro atoms. The summed E-state index contributed by atoms with van der Waals surface area (Å²) in [5, 5.41) is 1.22. The van der Waals surface area contributed by atoms with Crippen LogP contribution in [0.4, 0.5) is 4.79 Å². The minimum absolute atomic E-state index is 0.0836. The standard InChI is InChI=1S/C23H26N2O4/c1-27-21-12-15-10-11-25(23(26)29-3)20(18(15)13-22(21)28-2)9-8-16-14-24-19-7-5-4-6-17(16)19/h4-7,12-14,20,24H,8-11H2,1-3H3. The van der Waals surface area contributed by atoms with Gasteiger partial charge < -0.3 is 24.1 Å². The van der Waals surface area contributed by atoms with Crippen molar-refractivity contribution in [2.24, 2.45) is 0 Å². The van der Waals surface area contributed by atoms with Crippen molar-refractivity contribution in [3.8, 4) is 11.5 Å². The fourth-order valence-corrected chi connectivity index (χ4v) is 4.31. The number of ether oxygens (including phenoxy) is 3. The number of aromatic nitrogens is 1. The average molecular weight is 394 g/mol. The van der Waals surface area contributed by atoms with Crippen LogP contribution in [0.3, 0.4) is 0 Å². The van der Waals surface area contributed by atoms with E-state index < -0.39 is 0 Å². The summed E-state index contributed by atoms with van der Waals surface area (Å²) in [5.41, 5.74) is 4.66. The molecule has 0 bridgehead atoms. The Balaban J connectivity index is 1.68. The van der Waals surface area contributed by atoms with Gasteiger partial charge in [-0.3, -0.25) is 0 Å². The fourth-order valence-electron chi connectivity index (χ4n) is 4.31. The summed E-state index contributed by atoms with van der Waals surface area (Å²) < 4.78 is 16.1. The third-order valence-corrected chi connectivity index (χ3v) is 5.77. The molecule has 1 aromatic heterocycles. The molecular weight excluding hydrogens is 368 g/mol. The number of nitrogens with one attached hydrogen (secondary N) is 1. The molecule has 0 aliphatic carbocycles. The van der Waals surface area contributed by atoms with E-state index in [1.807, 2.05) is 29.2 Å². The molecule has 0 saturated carbocycles. The maximum absolute atomic E-state index is 12.5. The zero-order chi connectivity index (χ0) is 20.4. The number of rotatable bonds is 5. The molecule has 1 unspecified atom stereocenters. The number of hydrogen-bond acceptors (Lipinski definition) is 4. The second-order valence-electron chi connectivity index (χ2n) is 7.23. The lowest BCUT2D eigenvalue weighted by Crippen LogP contribution is -2.40. The van der Waals surface area contributed by atoms with Gasteiger partial charge >= 0.3 is 6.09 Å². The Bertz CT molecular complexity index is 1030. The Kier molecular flexibility index (Phi) is 5.34. The number of nitrogens with zero attached hydrogens (tertiary/aromatic N) is 1. The second-order valence-corrected chi connectivity index (χ2v) is 7.23. The van der Waals surface area contributed by atoms with Gasteiger partial charge in [-0.1, -0.05) is 18.2 Å². The summed E-state index contributed by atoms with van der Waals surface area (Å²) >= 11 is 0. The normalized spacial score (nSPS) is 15.8. The molecule has 6 heteroatoms. The van der Waals surface area contributed by atoms with E-state index in [2.05, 4.69) is 23.3 Å². The number of aryl methyl sites for hydroxylation is 1. The van der Waals surface area contributed by atoms with Gasteiger partial charge in [0, 0.05) is 23.6 Å². The summed E-state index contributed by atoms with van der Waals surface area (Å²) in [6.45, 7) is 0.619. The first kappa shape index (κ1) is 19.2. The molecule has 1 aliphatic rings. The molecule has 6 nitrogen and oxygen atoms in total. The number of aromatic amines is 1. The van der Waals surface area contributed by atoms with Crippen molar-refractivity contribution in [2.75, 3.05) is 27.9 Å². The van der Waals surface area contributed by atoms with Crippen molar-refractivity contribution >= 4 is 17.0 Å². The number of fused-ring (bicyclic) bond motifs is 2. The van der Waals surface area contributed by atoms with Crippen LogP contribution >= 0.6 is 0 Å². The largest absolute Gasteiger partial charge is 0.493 e. The molecule has 1 atom stereocenters. The second kappa shape index (κ2) is 8.07. The number of carbonyl (C=O) groups excluding carboxylic acids is 1. The predicted octanol–water partition coefficient (Wildman–Crippen LogP) is 4.48. The molecule has 0 saturated heterocycles. The highest BCUT2D eigenvalue weighted by atomic mass is 16.5. The van der Waals surface area contributed by atoms with Crippen LogP contribution in [0, 0.1) is 0 Å². The Morgan fingerprint density at radius 2 is 1.90 bits per heavy atom. The topological polar surface area (TPSA) is 63.8 Å². The van der Waals surface area contributed by atoms with E-state index >= 15 is 0 Å². The van der Waals surface area contributed by atoms with Gasteiger partial charge in [0.05, 0.1) is 27.4 Å². The molecule has 1 aliphatic heterocycles. The molecule has 152 valence electrons. The third kappa shape index (κ3) is 3.50. The van der Waals surface area contributed by atoms with Crippen LogP contribution in [0.1, 0.15) is 29.2 Å². The molecule has 2 aromatic carbocycles.